The van der Waals surface area contributed by atoms with Crippen molar-refractivity contribution in [2.45, 2.75) is 44.6 Å². The number of rotatable bonds is 6. The van der Waals surface area contributed by atoms with Gasteiger partial charge in [-0.3, -0.25) is 0 Å². The Morgan fingerprint density at radius 2 is 1.83 bits per heavy atom. The molecule has 4 nitrogen and oxygen atoms in total. The van der Waals surface area contributed by atoms with Crippen LogP contribution in [0.1, 0.15) is 43.2 Å². The van der Waals surface area contributed by atoms with E-state index in [1.807, 2.05) is 30.3 Å². The van der Waals surface area contributed by atoms with Crippen LogP contribution in [0.5, 0.6) is 5.75 Å². The highest BCUT2D eigenvalue weighted by Crippen LogP contribution is 2.32. The molecule has 0 amide bonds. The van der Waals surface area contributed by atoms with Crippen molar-refractivity contribution in [1.29, 1.82) is 0 Å². The van der Waals surface area contributed by atoms with Gasteiger partial charge in [-0.25, -0.2) is 0 Å². The van der Waals surface area contributed by atoms with Crippen LogP contribution in [-0.2, 0) is 6.42 Å². The summed E-state index contributed by atoms with van der Waals surface area (Å²) in [5.41, 5.74) is 2.45. The van der Waals surface area contributed by atoms with Crippen molar-refractivity contribution in [3.8, 4) is 5.75 Å². The van der Waals surface area contributed by atoms with Gasteiger partial charge in [0.25, 0.3) is 0 Å². The van der Waals surface area contributed by atoms with E-state index < -0.39 is 0 Å². The van der Waals surface area contributed by atoms with Crippen molar-refractivity contribution in [2.75, 3.05) is 6.61 Å². The summed E-state index contributed by atoms with van der Waals surface area (Å²) in [6, 6.07) is 11.0. The molecule has 0 spiro atoms. The van der Waals surface area contributed by atoms with Crippen LogP contribution in [0.15, 0.2) is 51.8 Å². The van der Waals surface area contributed by atoms with Crippen LogP contribution in [0.2, 0.25) is 15.1 Å². The zero-order chi connectivity index (χ0) is 20.2. The van der Waals surface area contributed by atoms with Gasteiger partial charge < -0.3 is 4.74 Å². The van der Waals surface area contributed by atoms with E-state index in [1.165, 1.54) is 32.1 Å². The molecule has 0 radical (unpaired) electrons. The van der Waals surface area contributed by atoms with Crippen molar-refractivity contribution in [3.05, 3.63) is 62.6 Å². The molecule has 29 heavy (non-hydrogen) atoms. The predicted octanol–water partition coefficient (Wildman–Crippen LogP) is 7.39. The lowest BCUT2D eigenvalue weighted by atomic mass is 9.90. The second-order valence-electron chi connectivity index (χ2n) is 7.58. The zero-order valence-electron chi connectivity index (χ0n) is 16.0. The Labute approximate surface area is 185 Å². The highest BCUT2D eigenvalue weighted by atomic mass is 35.5. The molecule has 2 aromatic rings. The third-order valence-corrected chi connectivity index (χ3v) is 6.58. The summed E-state index contributed by atoms with van der Waals surface area (Å²) in [6.45, 7) is 0.738. The molecule has 1 atom stereocenters. The maximum atomic E-state index is 6.39. The minimum Gasteiger partial charge on any atom is -0.493 e. The molecule has 7 heteroatoms. The molecule has 152 valence electrons. The van der Waals surface area contributed by atoms with E-state index in [9.17, 15) is 0 Å². The van der Waals surface area contributed by atoms with Gasteiger partial charge in [-0.2, -0.15) is 5.11 Å². The van der Waals surface area contributed by atoms with Crippen LogP contribution < -0.4 is 4.74 Å². The molecule has 1 unspecified atom stereocenters. The molecule has 0 saturated heterocycles. The number of hydrogen-bond donors (Lipinski definition) is 0. The fraction of sp³-hybridized carbons (Fsp3) is 0.409. The molecule has 1 aliphatic heterocycles. The van der Waals surface area contributed by atoms with Crippen molar-refractivity contribution in [2.24, 2.45) is 21.4 Å². The van der Waals surface area contributed by atoms with Gasteiger partial charge in [0, 0.05) is 17.0 Å². The van der Waals surface area contributed by atoms with E-state index in [1.54, 1.807) is 6.07 Å². The van der Waals surface area contributed by atoms with Crippen LogP contribution in [0.4, 0.5) is 0 Å². The summed E-state index contributed by atoms with van der Waals surface area (Å²) in [5.74, 6) is 1.47. The van der Waals surface area contributed by atoms with E-state index in [4.69, 9.17) is 39.5 Å². The smallest absolute Gasteiger partial charge is 0.122 e. The van der Waals surface area contributed by atoms with Crippen molar-refractivity contribution < 1.29 is 4.74 Å². The number of benzene rings is 2. The van der Waals surface area contributed by atoms with Crippen LogP contribution >= 0.6 is 34.8 Å². The molecule has 1 aliphatic carbocycles. The molecule has 0 N–H and O–H groups in total. The first-order chi connectivity index (χ1) is 14.1. The Kier molecular flexibility index (Phi) is 6.74. The summed E-state index contributed by atoms with van der Waals surface area (Å²) >= 11 is 18.8. The van der Waals surface area contributed by atoms with Gasteiger partial charge in [-0.05, 0) is 53.8 Å². The highest BCUT2D eigenvalue weighted by Gasteiger charge is 2.26. The predicted molar refractivity (Wildman–Crippen MR) is 119 cm³/mol. The molecule has 2 aliphatic rings. The fourth-order valence-corrected chi connectivity index (χ4v) is 4.54. The topological polar surface area (TPSA) is 46.3 Å². The van der Waals surface area contributed by atoms with Gasteiger partial charge in [-0.15, -0.1) is 5.10 Å². The average Bonchev–Trinajstić information content (AvgIpc) is 3.18. The van der Waals surface area contributed by atoms with Gasteiger partial charge >= 0.3 is 0 Å². The quantitative estimate of drug-likeness (QED) is 0.452. The van der Waals surface area contributed by atoms with Crippen LogP contribution in [0, 0.1) is 5.92 Å². The number of halogens is 3. The van der Waals surface area contributed by atoms with Crippen LogP contribution in [0.25, 0.3) is 0 Å². The van der Waals surface area contributed by atoms with Gasteiger partial charge in [0.15, 0.2) is 0 Å². The summed E-state index contributed by atoms with van der Waals surface area (Å²) in [6.07, 6.45) is 6.98. The van der Waals surface area contributed by atoms with E-state index in [-0.39, 0.29) is 6.04 Å². The first kappa shape index (κ1) is 20.6. The lowest BCUT2D eigenvalue weighted by molar-refractivity contribution is 0.207. The van der Waals surface area contributed by atoms with Crippen molar-refractivity contribution >= 4 is 40.5 Å². The lowest BCUT2D eigenvalue weighted by Gasteiger charge is -2.23. The number of ether oxygens (including phenoxy) is 1. The highest BCUT2D eigenvalue weighted by molar-refractivity contribution is 6.44. The van der Waals surface area contributed by atoms with E-state index >= 15 is 0 Å². The molecular weight excluding hydrogens is 429 g/mol. The van der Waals surface area contributed by atoms with Crippen LogP contribution in [0.3, 0.4) is 0 Å². The Hall–Kier alpha value is -1.62. The summed E-state index contributed by atoms with van der Waals surface area (Å²) < 4.78 is 6.21. The largest absolute Gasteiger partial charge is 0.493 e. The fourth-order valence-electron chi connectivity index (χ4n) is 3.95. The van der Waals surface area contributed by atoms with Gasteiger partial charge in [0.1, 0.15) is 17.5 Å². The monoisotopic (exact) mass is 449 g/mol. The Bertz CT molecular complexity index is 939. The Morgan fingerprint density at radius 1 is 1.00 bits per heavy atom. The Balaban J connectivity index is 1.52. The molecule has 2 aromatic carbocycles. The van der Waals surface area contributed by atoms with Crippen molar-refractivity contribution in [3.63, 3.8) is 0 Å². The molecule has 0 aromatic heterocycles. The molecule has 1 fully saturated rings. The van der Waals surface area contributed by atoms with E-state index in [0.29, 0.717) is 33.1 Å². The minimum absolute atomic E-state index is 0.263. The van der Waals surface area contributed by atoms with Gasteiger partial charge in [-0.1, -0.05) is 66.2 Å². The van der Waals surface area contributed by atoms with E-state index in [2.05, 4.69) is 15.4 Å². The number of nitrogens with zero attached hydrogens (tertiary/aromatic N) is 3. The van der Waals surface area contributed by atoms with Crippen LogP contribution in [-0.4, -0.2) is 18.4 Å². The van der Waals surface area contributed by atoms with Crippen molar-refractivity contribution in [1.82, 2.24) is 0 Å². The van der Waals surface area contributed by atoms with Gasteiger partial charge in [0.05, 0.1) is 16.7 Å². The maximum absolute atomic E-state index is 6.39. The first-order valence-corrected chi connectivity index (χ1v) is 11.1. The SMILES string of the molecule is Clc1ccc(OCC2CCCCC2)c(CC2N=NN=C2c2cccc(Cl)c2Cl)c1. The zero-order valence-corrected chi connectivity index (χ0v) is 18.2. The average molecular weight is 451 g/mol. The molecular formula is C22H22Cl3N3O. The first-order valence-electron chi connectivity index (χ1n) is 9.95. The molecule has 1 saturated carbocycles. The summed E-state index contributed by atoms with van der Waals surface area (Å²) in [4.78, 5) is 0. The second kappa shape index (κ2) is 9.46. The van der Waals surface area contributed by atoms with E-state index in [0.717, 1.165) is 23.5 Å². The number of hydrogen-bond acceptors (Lipinski definition) is 4. The maximum Gasteiger partial charge on any atom is 0.122 e. The Morgan fingerprint density at radius 3 is 2.66 bits per heavy atom. The second-order valence-corrected chi connectivity index (χ2v) is 8.80. The normalized spacial score (nSPS) is 19.4. The molecule has 1 heterocycles. The summed E-state index contributed by atoms with van der Waals surface area (Å²) in [5, 5.41) is 14.0. The minimum atomic E-state index is -0.263. The lowest BCUT2D eigenvalue weighted by Crippen LogP contribution is -2.21. The van der Waals surface area contributed by atoms with Gasteiger partial charge in [0.2, 0.25) is 0 Å². The standard InChI is InChI=1S/C22H22Cl3N3O/c23-16-9-10-20(29-13-14-5-2-1-3-6-14)15(11-16)12-19-22(27-28-26-19)17-7-4-8-18(24)21(17)25/h4,7-11,14,19H,1-3,5-6,12-13H2. The molecule has 4 rings (SSSR count). The molecule has 0 bridgehead atoms. The third-order valence-electron chi connectivity index (χ3n) is 5.52. The third kappa shape index (κ3) is 4.93. The summed E-state index contributed by atoms with van der Waals surface area (Å²) in [7, 11) is 0.